The largest absolute Gasteiger partial charge is 0.467 e. The Bertz CT molecular complexity index is 996. The maximum Gasteiger partial charge on any atom is 0.225 e. The summed E-state index contributed by atoms with van der Waals surface area (Å²) in [5.41, 5.74) is 4.08. The van der Waals surface area contributed by atoms with Gasteiger partial charge in [-0.2, -0.15) is 4.98 Å². The molecule has 2 aromatic carbocycles. The molecule has 0 aliphatic carbocycles. The quantitative estimate of drug-likeness (QED) is 0.484. The van der Waals surface area contributed by atoms with E-state index in [-0.39, 0.29) is 0 Å². The van der Waals surface area contributed by atoms with Gasteiger partial charge in [-0.05, 0) is 31.2 Å². The molecule has 0 aliphatic rings. The van der Waals surface area contributed by atoms with Crippen LogP contribution in [0.2, 0.25) is 0 Å². The average molecular weight is 356 g/mol. The first kappa shape index (κ1) is 16.8. The molecule has 5 nitrogen and oxygen atoms in total. The van der Waals surface area contributed by atoms with Gasteiger partial charge in [0.1, 0.15) is 11.6 Å². The molecule has 0 radical (unpaired) electrons. The predicted molar refractivity (Wildman–Crippen MR) is 108 cm³/mol. The van der Waals surface area contributed by atoms with Gasteiger partial charge in [-0.1, -0.05) is 48.0 Å². The summed E-state index contributed by atoms with van der Waals surface area (Å²) in [6.07, 6.45) is 1.66. The van der Waals surface area contributed by atoms with Crippen molar-refractivity contribution in [2.24, 2.45) is 0 Å². The first-order valence-electron chi connectivity index (χ1n) is 8.81. The van der Waals surface area contributed by atoms with Crippen LogP contribution in [0.15, 0.2) is 83.5 Å². The number of anilines is 3. The summed E-state index contributed by atoms with van der Waals surface area (Å²) in [6.45, 7) is 2.59. The molecule has 4 rings (SSSR count). The van der Waals surface area contributed by atoms with Crippen molar-refractivity contribution in [2.45, 2.75) is 13.5 Å². The minimum atomic E-state index is 0.523. The lowest BCUT2D eigenvalue weighted by Gasteiger charge is -2.11. The van der Waals surface area contributed by atoms with E-state index in [1.807, 2.05) is 60.7 Å². The topological polar surface area (TPSA) is 63.0 Å². The van der Waals surface area contributed by atoms with Gasteiger partial charge in [-0.25, -0.2) is 4.98 Å². The molecule has 2 aromatic heterocycles. The van der Waals surface area contributed by atoms with E-state index in [0.29, 0.717) is 12.5 Å². The van der Waals surface area contributed by atoms with E-state index in [4.69, 9.17) is 4.42 Å². The van der Waals surface area contributed by atoms with E-state index in [0.717, 1.165) is 28.5 Å². The second-order valence-corrected chi connectivity index (χ2v) is 6.25. The normalized spacial score (nSPS) is 10.6. The number of aryl methyl sites for hydroxylation is 1. The number of rotatable bonds is 6. The molecule has 0 unspecified atom stereocenters. The number of hydrogen-bond acceptors (Lipinski definition) is 5. The SMILES string of the molecule is Cc1ccc(Nc2cc(-c3ccccc3)nc(NCc3ccco3)n2)cc1. The Kier molecular flexibility index (Phi) is 4.83. The zero-order chi connectivity index (χ0) is 18.5. The van der Waals surface area contributed by atoms with Gasteiger partial charge in [0.15, 0.2) is 0 Å². The lowest BCUT2D eigenvalue weighted by atomic mass is 10.1. The zero-order valence-electron chi connectivity index (χ0n) is 15.0. The highest BCUT2D eigenvalue weighted by Gasteiger charge is 2.08. The van der Waals surface area contributed by atoms with Gasteiger partial charge in [0.05, 0.1) is 18.5 Å². The summed E-state index contributed by atoms with van der Waals surface area (Å²) in [5.74, 6) is 2.11. The minimum Gasteiger partial charge on any atom is -0.467 e. The molecular weight excluding hydrogens is 336 g/mol. The summed E-state index contributed by atoms with van der Waals surface area (Å²) < 4.78 is 5.37. The van der Waals surface area contributed by atoms with Crippen LogP contribution in [0.5, 0.6) is 0 Å². The molecule has 0 fully saturated rings. The van der Waals surface area contributed by atoms with Crippen LogP contribution in [0.25, 0.3) is 11.3 Å². The maximum absolute atomic E-state index is 5.37. The van der Waals surface area contributed by atoms with Crippen LogP contribution < -0.4 is 10.6 Å². The molecule has 134 valence electrons. The number of nitrogens with one attached hydrogen (secondary N) is 2. The number of nitrogens with zero attached hydrogens (tertiary/aromatic N) is 2. The maximum atomic E-state index is 5.37. The Morgan fingerprint density at radius 3 is 2.44 bits per heavy atom. The number of benzene rings is 2. The minimum absolute atomic E-state index is 0.523. The van der Waals surface area contributed by atoms with Gasteiger partial charge in [0.2, 0.25) is 5.95 Å². The van der Waals surface area contributed by atoms with Crippen molar-refractivity contribution in [1.82, 2.24) is 9.97 Å². The standard InChI is InChI=1S/C22H20N4O/c1-16-9-11-18(12-10-16)24-21-14-20(17-6-3-2-4-7-17)25-22(26-21)23-15-19-8-5-13-27-19/h2-14H,15H2,1H3,(H2,23,24,25,26). The van der Waals surface area contributed by atoms with Crippen LogP contribution in [-0.2, 0) is 6.54 Å². The Labute approximate surface area is 158 Å². The molecule has 2 N–H and O–H groups in total. The van der Waals surface area contributed by atoms with Crippen LogP contribution >= 0.6 is 0 Å². The van der Waals surface area contributed by atoms with Gasteiger partial charge in [0, 0.05) is 17.3 Å². The van der Waals surface area contributed by atoms with Crippen molar-refractivity contribution in [3.8, 4) is 11.3 Å². The third-order valence-corrected chi connectivity index (χ3v) is 4.12. The van der Waals surface area contributed by atoms with Crippen molar-refractivity contribution in [1.29, 1.82) is 0 Å². The number of aromatic nitrogens is 2. The molecule has 0 bridgehead atoms. The van der Waals surface area contributed by atoms with E-state index < -0.39 is 0 Å². The summed E-state index contributed by atoms with van der Waals surface area (Å²) in [5, 5.41) is 6.60. The second-order valence-electron chi connectivity index (χ2n) is 6.25. The van der Waals surface area contributed by atoms with Crippen molar-refractivity contribution >= 4 is 17.5 Å². The summed E-state index contributed by atoms with van der Waals surface area (Å²) >= 11 is 0. The van der Waals surface area contributed by atoms with Crippen molar-refractivity contribution in [2.75, 3.05) is 10.6 Å². The third kappa shape index (κ3) is 4.33. The zero-order valence-corrected chi connectivity index (χ0v) is 15.0. The number of hydrogen-bond donors (Lipinski definition) is 2. The summed E-state index contributed by atoms with van der Waals surface area (Å²) in [4.78, 5) is 9.26. The Hall–Kier alpha value is -3.60. The molecule has 2 heterocycles. The van der Waals surface area contributed by atoms with Crippen molar-refractivity contribution < 1.29 is 4.42 Å². The smallest absolute Gasteiger partial charge is 0.225 e. The Balaban J connectivity index is 1.64. The fraction of sp³-hybridized carbons (Fsp3) is 0.0909. The first-order chi connectivity index (χ1) is 13.3. The first-order valence-corrected chi connectivity index (χ1v) is 8.81. The molecule has 0 atom stereocenters. The highest BCUT2D eigenvalue weighted by Crippen LogP contribution is 2.24. The molecule has 0 aliphatic heterocycles. The van der Waals surface area contributed by atoms with Crippen LogP contribution in [0.1, 0.15) is 11.3 Å². The van der Waals surface area contributed by atoms with Gasteiger partial charge >= 0.3 is 0 Å². The fourth-order valence-electron chi connectivity index (χ4n) is 2.71. The van der Waals surface area contributed by atoms with E-state index in [2.05, 4.69) is 39.7 Å². The molecule has 0 amide bonds. The van der Waals surface area contributed by atoms with Crippen LogP contribution in [0, 0.1) is 6.92 Å². The Morgan fingerprint density at radius 2 is 1.70 bits per heavy atom. The Morgan fingerprint density at radius 1 is 0.889 bits per heavy atom. The molecule has 27 heavy (non-hydrogen) atoms. The van der Waals surface area contributed by atoms with E-state index in [1.54, 1.807) is 6.26 Å². The highest BCUT2D eigenvalue weighted by atomic mass is 16.3. The predicted octanol–water partition coefficient (Wildman–Crippen LogP) is 5.40. The number of furan rings is 1. The lowest BCUT2D eigenvalue weighted by Crippen LogP contribution is -2.06. The molecule has 4 aromatic rings. The molecule has 0 spiro atoms. The monoisotopic (exact) mass is 356 g/mol. The van der Waals surface area contributed by atoms with Crippen LogP contribution in [0.3, 0.4) is 0 Å². The highest BCUT2D eigenvalue weighted by molar-refractivity contribution is 5.67. The molecule has 0 saturated heterocycles. The van der Waals surface area contributed by atoms with Crippen LogP contribution in [-0.4, -0.2) is 9.97 Å². The molecular formula is C22H20N4O. The average Bonchev–Trinajstić information content (AvgIpc) is 3.22. The van der Waals surface area contributed by atoms with Crippen molar-refractivity contribution in [3.63, 3.8) is 0 Å². The summed E-state index contributed by atoms with van der Waals surface area (Å²) in [7, 11) is 0. The molecule has 5 heteroatoms. The fourth-order valence-corrected chi connectivity index (χ4v) is 2.71. The van der Waals surface area contributed by atoms with Crippen LogP contribution in [0.4, 0.5) is 17.5 Å². The van der Waals surface area contributed by atoms with Gasteiger partial charge in [-0.3, -0.25) is 0 Å². The van der Waals surface area contributed by atoms with E-state index in [9.17, 15) is 0 Å². The summed E-state index contributed by atoms with van der Waals surface area (Å²) in [6, 6.07) is 24.0. The molecule has 0 saturated carbocycles. The van der Waals surface area contributed by atoms with Gasteiger partial charge in [0.25, 0.3) is 0 Å². The second kappa shape index (κ2) is 7.74. The third-order valence-electron chi connectivity index (χ3n) is 4.12. The van der Waals surface area contributed by atoms with E-state index >= 15 is 0 Å². The van der Waals surface area contributed by atoms with Crippen molar-refractivity contribution in [3.05, 3.63) is 90.4 Å². The van der Waals surface area contributed by atoms with Gasteiger partial charge in [-0.15, -0.1) is 0 Å². The lowest BCUT2D eigenvalue weighted by molar-refractivity contribution is 0.517. The van der Waals surface area contributed by atoms with Gasteiger partial charge < -0.3 is 15.1 Å². The van der Waals surface area contributed by atoms with E-state index in [1.165, 1.54) is 5.56 Å².